The normalized spacial score (nSPS) is 11.2. The Morgan fingerprint density at radius 2 is 1.79 bits per heavy atom. The van der Waals surface area contributed by atoms with Crippen LogP contribution in [-0.4, -0.2) is 30.9 Å². The highest BCUT2D eigenvalue weighted by molar-refractivity contribution is 7.86. The average Bonchev–Trinajstić information content (AvgIpc) is 2.73. The van der Waals surface area contributed by atoms with Gasteiger partial charge in [0.25, 0.3) is 5.91 Å². The quantitative estimate of drug-likeness (QED) is 0.271. The van der Waals surface area contributed by atoms with Gasteiger partial charge in [0.1, 0.15) is 17.4 Å². The van der Waals surface area contributed by atoms with Gasteiger partial charge in [0.2, 0.25) is 5.95 Å². The standard InChI is InChI=1S/C20H20ClFN6O4S/c21-15-10-12(26-19(29)11-3-1-4-13(9-11)33(22,30)31)6-7-16(15)32-8-2-5-14-17(23)27-20(25)28-18(14)24/h1,3-4,6-7,9-10H,2,5,8H2,(H,26,29)(H6,23,24,25,27,28). The highest BCUT2D eigenvalue weighted by atomic mass is 35.5. The maximum Gasteiger partial charge on any atom is 0.332 e. The number of benzene rings is 2. The van der Waals surface area contributed by atoms with E-state index in [0.717, 1.165) is 12.1 Å². The van der Waals surface area contributed by atoms with Gasteiger partial charge in [0.05, 0.1) is 16.5 Å². The van der Waals surface area contributed by atoms with Crippen molar-refractivity contribution >= 4 is 51.0 Å². The predicted octanol–water partition coefficient (Wildman–Crippen LogP) is 2.80. The fraction of sp³-hybridized carbons (Fsp3) is 0.150. The lowest BCUT2D eigenvalue weighted by Gasteiger charge is -2.12. The minimum absolute atomic E-state index is 0.00381. The number of nitrogen functional groups attached to an aromatic ring is 3. The van der Waals surface area contributed by atoms with Crippen LogP contribution in [0.2, 0.25) is 5.02 Å². The number of nitrogens with two attached hydrogens (primary N) is 3. The molecule has 0 aliphatic heterocycles. The fourth-order valence-corrected chi connectivity index (χ4v) is 3.66. The Hall–Kier alpha value is -3.64. The van der Waals surface area contributed by atoms with Crippen LogP contribution in [0.3, 0.4) is 0 Å². The van der Waals surface area contributed by atoms with Gasteiger partial charge in [-0.15, -0.1) is 3.89 Å². The van der Waals surface area contributed by atoms with E-state index in [1.165, 1.54) is 18.2 Å². The van der Waals surface area contributed by atoms with Crippen LogP contribution in [0, 0.1) is 0 Å². The molecule has 0 saturated carbocycles. The molecule has 0 fully saturated rings. The number of halogens is 2. The summed E-state index contributed by atoms with van der Waals surface area (Å²) in [5.41, 5.74) is 18.0. The predicted molar refractivity (Wildman–Crippen MR) is 123 cm³/mol. The first-order chi connectivity index (χ1) is 15.5. The number of hydrogen-bond acceptors (Lipinski definition) is 9. The maximum absolute atomic E-state index is 13.2. The minimum atomic E-state index is -4.92. The van der Waals surface area contributed by atoms with E-state index in [1.807, 2.05) is 0 Å². The lowest BCUT2D eigenvalue weighted by Crippen LogP contribution is -2.12. The zero-order chi connectivity index (χ0) is 24.2. The van der Waals surface area contributed by atoms with Crippen molar-refractivity contribution in [1.82, 2.24) is 9.97 Å². The molecule has 0 radical (unpaired) electrons. The summed E-state index contributed by atoms with van der Waals surface area (Å²) in [7, 11) is -4.92. The van der Waals surface area contributed by atoms with E-state index in [-0.39, 0.29) is 28.2 Å². The summed E-state index contributed by atoms with van der Waals surface area (Å²) >= 11 is 6.23. The summed E-state index contributed by atoms with van der Waals surface area (Å²) < 4.78 is 40.9. The van der Waals surface area contributed by atoms with Crippen LogP contribution in [0.15, 0.2) is 47.4 Å². The molecule has 0 unspecified atom stereocenters. The van der Waals surface area contributed by atoms with Crippen molar-refractivity contribution in [1.29, 1.82) is 0 Å². The van der Waals surface area contributed by atoms with Gasteiger partial charge < -0.3 is 27.3 Å². The topological polar surface area (TPSA) is 176 Å². The molecule has 0 spiro atoms. The molecule has 13 heteroatoms. The first-order valence-electron chi connectivity index (χ1n) is 9.50. The molecule has 174 valence electrons. The molecule has 1 aromatic heterocycles. The number of anilines is 4. The average molecular weight is 495 g/mol. The second-order valence-corrected chi connectivity index (χ2v) is 8.60. The molecule has 3 rings (SSSR count). The molecular formula is C20H20ClFN6O4S. The van der Waals surface area contributed by atoms with Crippen LogP contribution >= 0.6 is 11.6 Å². The smallest absolute Gasteiger partial charge is 0.332 e. The highest BCUT2D eigenvalue weighted by Crippen LogP contribution is 2.28. The summed E-state index contributed by atoms with van der Waals surface area (Å²) in [6, 6.07) is 9.20. The molecule has 33 heavy (non-hydrogen) atoms. The minimum Gasteiger partial charge on any atom is -0.492 e. The lowest BCUT2D eigenvalue weighted by molar-refractivity contribution is 0.102. The monoisotopic (exact) mass is 494 g/mol. The van der Waals surface area contributed by atoms with Crippen LogP contribution in [0.1, 0.15) is 22.3 Å². The molecule has 7 N–H and O–H groups in total. The van der Waals surface area contributed by atoms with Gasteiger partial charge in [-0.05, 0) is 49.2 Å². The molecule has 0 bridgehead atoms. The number of aromatic nitrogens is 2. The number of ether oxygens (including phenoxy) is 1. The van der Waals surface area contributed by atoms with E-state index in [1.54, 1.807) is 12.1 Å². The SMILES string of the molecule is Nc1nc(N)c(CCCOc2ccc(NC(=O)c3cccc(S(=O)(=O)F)c3)cc2Cl)c(N)n1. The number of carbonyl (C=O) groups excluding carboxylic acids is 1. The van der Waals surface area contributed by atoms with Gasteiger partial charge >= 0.3 is 10.2 Å². The highest BCUT2D eigenvalue weighted by Gasteiger charge is 2.15. The van der Waals surface area contributed by atoms with Gasteiger partial charge in [-0.25, -0.2) is 0 Å². The van der Waals surface area contributed by atoms with E-state index < -0.39 is 21.0 Å². The van der Waals surface area contributed by atoms with Crippen molar-refractivity contribution in [2.24, 2.45) is 0 Å². The van der Waals surface area contributed by atoms with Gasteiger partial charge in [0, 0.05) is 16.8 Å². The molecule has 10 nitrogen and oxygen atoms in total. The Balaban J connectivity index is 1.58. The van der Waals surface area contributed by atoms with Crippen LogP contribution in [0.5, 0.6) is 5.75 Å². The molecule has 0 atom stereocenters. The first-order valence-corrected chi connectivity index (χ1v) is 11.3. The number of rotatable bonds is 8. The van der Waals surface area contributed by atoms with Crippen LogP contribution in [0.25, 0.3) is 0 Å². The molecule has 0 aliphatic rings. The largest absolute Gasteiger partial charge is 0.492 e. The fourth-order valence-electron chi connectivity index (χ4n) is 2.91. The molecule has 0 saturated heterocycles. The summed E-state index contributed by atoms with van der Waals surface area (Å²) in [6.45, 7) is 0.291. The van der Waals surface area contributed by atoms with Crippen molar-refractivity contribution in [3.63, 3.8) is 0 Å². The van der Waals surface area contributed by atoms with Gasteiger partial charge in [-0.2, -0.15) is 18.4 Å². The maximum atomic E-state index is 13.2. The number of amides is 1. The van der Waals surface area contributed by atoms with Crippen LogP contribution in [-0.2, 0) is 16.6 Å². The van der Waals surface area contributed by atoms with Gasteiger partial charge in [-0.1, -0.05) is 17.7 Å². The first kappa shape index (κ1) is 24.0. The third kappa shape index (κ3) is 6.20. The number of nitrogens with zero attached hydrogens (tertiary/aromatic N) is 2. The van der Waals surface area contributed by atoms with Crippen LogP contribution in [0.4, 0.5) is 27.2 Å². The zero-order valence-electron chi connectivity index (χ0n) is 17.1. The molecular weight excluding hydrogens is 475 g/mol. The van der Waals surface area contributed by atoms with Crippen molar-refractivity contribution in [3.05, 3.63) is 58.6 Å². The summed E-state index contributed by atoms with van der Waals surface area (Å²) in [4.78, 5) is 19.5. The van der Waals surface area contributed by atoms with Crippen molar-refractivity contribution in [2.45, 2.75) is 17.7 Å². The Bertz CT molecular complexity index is 1280. The summed E-state index contributed by atoms with van der Waals surface area (Å²) in [5, 5.41) is 2.80. The number of carbonyl (C=O) groups is 1. The van der Waals surface area contributed by atoms with Crippen molar-refractivity contribution < 1.29 is 21.8 Å². The van der Waals surface area contributed by atoms with Gasteiger partial charge in [-0.3, -0.25) is 4.79 Å². The molecule has 0 aliphatic carbocycles. The number of hydrogen-bond donors (Lipinski definition) is 4. The molecule has 1 amide bonds. The number of nitrogens with one attached hydrogen (secondary N) is 1. The van der Waals surface area contributed by atoms with Crippen molar-refractivity contribution in [3.8, 4) is 5.75 Å². The van der Waals surface area contributed by atoms with E-state index in [4.69, 9.17) is 33.5 Å². The molecule has 3 aromatic rings. The Morgan fingerprint density at radius 1 is 1.09 bits per heavy atom. The second-order valence-electron chi connectivity index (χ2n) is 6.85. The third-order valence-electron chi connectivity index (χ3n) is 4.48. The van der Waals surface area contributed by atoms with E-state index in [0.29, 0.717) is 36.4 Å². The Labute approximate surface area is 194 Å². The Morgan fingerprint density at radius 3 is 2.42 bits per heavy atom. The lowest BCUT2D eigenvalue weighted by atomic mass is 10.1. The van der Waals surface area contributed by atoms with Gasteiger partial charge in [0.15, 0.2) is 0 Å². The summed E-state index contributed by atoms with van der Waals surface area (Å²) in [6.07, 6.45) is 1.02. The van der Waals surface area contributed by atoms with E-state index >= 15 is 0 Å². The van der Waals surface area contributed by atoms with Crippen LogP contribution < -0.4 is 27.3 Å². The van der Waals surface area contributed by atoms with Crippen molar-refractivity contribution in [2.75, 3.05) is 29.1 Å². The molecule has 1 heterocycles. The van der Waals surface area contributed by atoms with E-state index in [2.05, 4.69) is 15.3 Å². The zero-order valence-corrected chi connectivity index (χ0v) is 18.7. The summed E-state index contributed by atoms with van der Waals surface area (Å²) in [5.74, 6) is 0.186. The molecule has 2 aromatic carbocycles. The second kappa shape index (κ2) is 9.88. The van der Waals surface area contributed by atoms with E-state index in [9.17, 15) is 17.1 Å². The Kier molecular flexibility index (Phi) is 7.19. The third-order valence-corrected chi connectivity index (χ3v) is 5.60.